The van der Waals surface area contributed by atoms with Crippen molar-refractivity contribution >= 4 is 5.91 Å². The number of ether oxygens (including phenoxy) is 1. The first kappa shape index (κ1) is 17.4. The molecule has 1 amide bonds. The third kappa shape index (κ3) is 7.25. The molecule has 20 heavy (non-hydrogen) atoms. The molecule has 4 heteroatoms. The first-order chi connectivity index (χ1) is 9.42. The Morgan fingerprint density at radius 1 is 1.25 bits per heavy atom. The smallest absolute Gasteiger partial charge is 0.222 e. The van der Waals surface area contributed by atoms with Gasteiger partial charge in [0.05, 0.1) is 13.2 Å². The SMILES string of the molecule is CC(C)(C)CC1CCN(C(=O)CCCOCCO)CC1. The number of aliphatic hydroxyl groups excluding tert-OH is 1. The molecule has 1 saturated heterocycles. The molecule has 1 heterocycles. The Morgan fingerprint density at radius 3 is 2.45 bits per heavy atom. The average Bonchev–Trinajstić information content (AvgIpc) is 2.37. The van der Waals surface area contributed by atoms with E-state index in [1.54, 1.807) is 0 Å². The van der Waals surface area contributed by atoms with E-state index >= 15 is 0 Å². The van der Waals surface area contributed by atoms with E-state index in [4.69, 9.17) is 9.84 Å². The van der Waals surface area contributed by atoms with Crippen LogP contribution in [0.1, 0.15) is 52.9 Å². The fraction of sp³-hybridized carbons (Fsp3) is 0.938. The van der Waals surface area contributed by atoms with Gasteiger partial charge < -0.3 is 14.7 Å². The van der Waals surface area contributed by atoms with E-state index < -0.39 is 0 Å². The summed E-state index contributed by atoms with van der Waals surface area (Å²) in [5.74, 6) is 1.03. The maximum Gasteiger partial charge on any atom is 0.222 e. The van der Waals surface area contributed by atoms with Crippen LogP contribution in [-0.4, -0.2) is 48.8 Å². The fourth-order valence-electron chi connectivity index (χ4n) is 2.90. The molecule has 0 radical (unpaired) electrons. The summed E-state index contributed by atoms with van der Waals surface area (Å²) in [6.45, 7) is 9.67. The molecule has 1 rings (SSSR count). The van der Waals surface area contributed by atoms with Gasteiger partial charge in [-0.3, -0.25) is 4.79 Å². The number of piperidine rings is 1. The number of nitrogens with zero attached hydrogens (tertiary/aromatic N) is 1. The van der Waals surface area contributed by atoms with Gasteiger partial charge in [-0.2, -0.15) is 0 Å². The van der Waals surface area contributed by atoms with Crippen LogP contribution < -0.4 is 0 Å². The molecule has 0 aromatic rings. The minimum absolute atomic E-state index is 0.0508. The van der Waals surface area contributed by atoms with E-state index in [-0.39, 0.29) is 12.5 Å². The second-order valence-corrected chi connectivity index (χ2v) is 7.03. The van der Waals surface area contributed by atoms with Crippen molar-refractivity contribution in [1.29, 1.82) is 0 Å². The second kappa shape index (κ2) is 8.63. The highest BCUT2D eigenvalue weighted by Crippen LogP contribution is 2.30. The molecule has 0 unspecified atom stereocenters. The molecule has 0 atom stereocenters. The lowest BCUT2D eigenvalue weighted by molar-refractivity contribution is -0.133. The standard InChI is InChI=1S/C16H31NO3/c1-16(2,3)13-14-6-8-17(9-7-14)15(19)5-4-11-20-12-10-18/h14,18H,4-13H2,1-3H3. The maximum atomic E-state index is 12.0. The molecule has 1 aliphatic rings. The largest absolute Gasteiger partial charge is 0.394 e. The summed E-state index contributed by atoms with van der Waals surface area (Å²) >= 11 is 0. The summed E-state index contributed by atoms with van der Waals surface area (Å²) in [5, 5.41) is 8.58. The van der Waals surface area contributed by atoms with Gasteiger partial charge in [0.25, 0.3) is 0 Å². The molecule has 1 N–H and O–H groups in total. The highest BCUT2D eigenvalue weighted by atomic mass is 16.5. The number of aliphatic hydroxyl groups is 1. The third-order valence-corrected chi connectivity index (χ3v) is 3.78. The third-order valence-electron chi connectivity index (χ3n) is 3.78. The summed E-state index contributed by atoms with van der Waals surface area (Å²) < 4.78 is 5.17. The van der Waals surface area contributed by atoms with Crippen LogP contribution >= 0.6 is 0 Å². The van der Waals surface area contributed by atoms with Crippen LogP contribution in [0.15, 0.2) is 0 Å². The molecule has 118 valence electrons. The van der Waals surface area contributed by atoms with Crippen LogP contribution in [0.3, 0.4) is 0 Å². The van der Waals surface area contributed by atoms with Gasteiger partial charge in [0.2, 0.25) is 5.91 Å². The normalized spacial score (nSPS) is 17.5. The maximum absolute atomic E-state index is 12.0. The molecule has 0 bridgehead atoms. The van der Waals surface area contributed by atoms with Crippen LogP contribution in [0.25, 0.3) is 0 Å². The van der Waals surface area contributed by atoms with Gasteiger partial charge in [-0.1, -0.05) is 20.8 Å². The zero-order valence-corrected chi connectivity index (χ0v) is 13.4. The van der Waals surface area contributed by atoms with Crippen molar-refractivity contribution < 1.29 is 14.6 Å². The number of hydrogen-bond donors (Lipinski definition) is 1. The highest BCUT2D eigenvalue weighted by molar-refractivity contribution is 5.76. The molecule has 1 fully saturated rings. The molecule has 0 saturated carbocycles. The molecule has 1 aliphatic heterocycles. The van der Waals surface area contributed by atoms with Gasteiger partial charge in [0, 0.05) is 26.1 Å². The lowest BCUT2D eigenvalue weighted by atomic mass is 9.80. The Hall–Kier alpha value is -0.610. The molecule has 0 aliphatic carbocycles. The van der Waals surface area contributed by atoms with Gasteiger partial charge in [0.15, 0.2) is 0 Å². The summed E-state index contributed by atoms with van der Waals surface area (Å²) in [5.41, 5.74) is 0.390. The average molecular weight is 285 g/mol. The van der Waals surface area contributed by atoms with Crippen molar-refractivity contribution in [3.05, 3.63) is 0 Å². The Labute approximate surface area is 123 Å². The van der Waals surface area contributed by atoms with E-state index in [0.717, 1.165) is 38.3 Å². The van der Waals surface area contributed by atoms with Crippen molar-refractivity contribution in [3.63, 3.8) is 0 Å². The number of amides is 1. The summed E-state index contributed by atoms with van der Waals surface area (Å²) in [7, 11) is 0. The van der Waals surface area contributed by atoms with Gasteiger partial charge in [-0.25, -0.2) is 0 Å². The summed E-state index contributed by atoms with van der Waals surface area (Å²) in [6.07, 6.45) is 4.86. The van der Waals surface area contributed by atoms with Gasteiger partial charge in [-0.15, -0.1) is 0 Å². The summed E-state index contributed by atoms with van der Waals surface area (Å²) in [6, 6.07) is 0. The molecular weight excluding hydrogens is 254 g/mol. The molecular formula is C16H31NO3. The Bertz CT molecular complexity index is 278. The van der Waals surface area contributed by atoms with E-state index in [9.17, 15) is 4.79 Å². The topological polar surface area (TPSA) is 49.8 Å². The zero-order chi connectivity index (χ0) is 15.0. The number of rotatable bonds is 7. The first-order valence-electron chi connectivity index (χ1n) is 7.89. The number of likely N-dealkylation sites (tertiary alicyclic amines) is 1. The van der Waals surface area contributed by atoms with E-state index in [1.807, 2.05) is 4.90 Å². The lowest BCUT2D eigenvalue weighted by Crippen LogP contribution is -2.39. The second-order valence-electron chi connectivity index (χ2n) is 7.03. The van der Waals surface area contributed by atoms with Crippen LogP contribution in [0.4, 0.5) is 0 Å². The van der Waals surface area contributed by atoms with Crippen molar-refractivity contribution in [2.75, 3.05) is 32.9 Å². The van der Waals surface area contributed by atoms with Crippen LogP contribution in [0, 0.1) is 11.3 Å². The van der Waals surface area contributed by atoms with Crippen molar-refractivity contribution in [1.82, 2.24) is 4.90 Å². The summed E-state index contributed by atoms with van der Waals surface area (Å²) in [4.78, 5) is 14.0. The van der Waals surface area contributed by atoms with Crippen LogP contribution in [0.5, 0.6) is 0 Å². The molecule has 0 aromatic carbocycles. The lowest BCUT2D eigenvalue weighted by Gasteiger charge is -2.35. The predicted octanol–water partition coefficient (Wildman–Crippen LogP) is 2.45. The Balaban J connectivity index is 2.15. The quantitative estimate of drug-likeness (QED) is 0.731. The minimum atomic E-state index is 0.0508. The molecule has 0 spiro atoms. The number of carbonyl (C=O) groups is 1. The van der Waals surface area contributed by atoms with Gasteiger partial charge >= 0.3 is 0 Å². The van der Waals surface area contributed by atoms with Crippen LogP contribution in [0.2, 0.25) is 0 Å². The highest BCUT2D eigenvalue weighted by Gasteiger charge is 2.25. The van der Waals surface area contributed by atoms with Gasteiger partial charge in [-0.05, 0) is 37.0 Å². The molecule has 0 aromatic heterocycles. The Morgan fingerprint density at radius 2 is 1.90 bits per heavy atom. The predicted molar refractivity (Wildman–Crippen MR) is 80.5 cm³/mol. The van der Waals surface area contributed by atoms with Crippen molar-refractivity contribution in [3.8, 4) is 0 Å². The first-order valence-corrected chi connectivity index (χ1v) is 7.89. The minimum Gasteiger partial charge on any atom is -0.394 e. The van der Waals surface area contributed by atoms with E-state index in [1.165, 1.54) is 6.42 Å². The number of carbonyl (C=O) groups excluding carboxylic acids is 1. The van der Waals surface area contributed by atoms with E-state index in [2.05, 4.69) is 20.8 Å². The zero-order valence-electron chi connectivity index (χ0n) is 13.4. The van der Waals surface area contributed by atoms with Crippen molar-refractivity contribution in [2.45, 2.75) is 52.9 Å². The molecule has 4 nitrogen and oxygen atoms in total. The van der Waals surface area contributed by atoms with Gasteiger partial charge in [0.1, 0.15) is 0 Å². The van der Waals surface area contributed by atoms with E-state index in [0.29, 0.717) is 25.0 Å². The van der Waals surface area contributed by atoms with Crippen LogP contribution in [-0.2, 0) is 9.53 Å². The Kier molecular flexibility index (Phi) is 7.52. The fourth-order valence-corrected chi connectivity index (χ4v) is 2.90. The monoisotopic (exact) mass is 285 g/mol. The number of hydrogen-bond acceptors (Lipinski definition) is 3. The van der Waals surface area contributed by atoms with Crippen molar-refractivity contribution in [2.24, 2.45) is 11.3 Å².